The number of likely N-dealkylation sites (N-methyl/N-ethyl adjacent to an activating group) is 4. The fourth-order valence-electron chi connectivity index (χ4n) is 13.5. The number of carbonyl (C=O) groups is 16. The van der Waals surface area contributed by atoms with Gasteiger partial charge in [-0.25, -0.2) is 0 Å². The molecule has 6 unspecified atom stereocenters. The number of nitrogens with two attached hydrogens (primary N) is 4. The summed E-state index contributed by atoms with van der Waals surface area (Å²) in [6.45, 7) is 17.8. The zero-order valence-corrected chi connectivity index (χ0v) is 103. The number of aliphatic carboxylic acids is 11. The third kappa shape index (κ3) is 111. The number of Topliss-reactive ketones (excluding diaryl/α,β-unsaturated/α-hetero) is 1. The maximum atomic E-state index is 11.5. The van der Waals surface area contributed by atoms with Crippen LogP contribution < -0.4 is 35.7 Å². The summed E-state index contributed by atoms with van der Waals surface area (Å²) in [6.07, 6.45) is 8.48. The molecule has 4 amide bonds. The van der Waals surface area contributed by atoms with Gasteiger partial charge in [0.15, 0.2) is 0 Å². The van der Waals surface area contributed by atoms with Gasteiger partial charge in [-0.15, -0.1) is 28.2 Å². The van der Waals surface area contributed by atoms with Crippen LogP contribution in [0.5, 0.6) is 0 Å². The van der Waals surface area contributed by atoms with Crippen molar-refractivity contribution >= 4 is 95.1 Å². The number of aliphatic hydroxyl groups excluding tert-OH is 2. The van der Waals surface area contributed by atoms with Gasteiger partial charge in [0, 0.05) is 339 Å². The Bertz CT molecular complexity index is 3030. The van der Waals surface area contributed by atoms with Gasteiger partial charge in [-0.2, -0.15) is 23.9 Å². The van der Waals surface area contributed by atoms with Crippen LogP contribution in [0.3, 0.4) is 0 Å². The van der Waals surface area contributed by atoms with Crippen LogP contribution in [-0.2, 0) is 161 Å². The van der Waals surface area contributed by atoms with Gasteiger partial charge in [-0.3, -0.25) is 87.8 Å². The first-order valence-corrected chi connectivity index (χ1v) is 42.7. The summed E-state index contributed by atoms with van der Waals surface area (Å²) in [7, 11) is 5.08. The summed E-state index contributed by atoms with van der Waals surface area (Å²) in [5.41, 5.74) is 14.8. The van der Waals surface area contributed by atoms with Gasteiger partial charge < -0.3 is 232 Å². The van der Waals surface area contributed by atoms with Crippen molar-refractivity contribution in [3.05, 3.63) is 108 Å². The van der Waals surface area contributed by atoms with Gasteiger partial charge in [0.2, 0.25) is 0 Å². The predicted octanol–water partition coefficient (Wildman–Crippen LogP) is -7.40. The van der Waals surface area contributed by atoms with Crippen LogP contribution in [0.15, 0.2) is 0 Å². The van der Waals surface area contributed by atoms with E-state index in [1.54, 1.807) is 38.3 Å². The topological polar surface area (TPSA) is 839 Å². The van der Waals surface area contributed by atoms with E-state index < -0.39 is 141 Å². The number of nitrogens with one attached hydrogen (secondary N) is 2. The van der Waals surface area contributed by atoms with Crippen molar-refractivity contribution in [1.82, 2.24) is 68.6 Å². The molecule has 0 aromatic carbocycles. The van der Waals surface area contributed by atoms with Crippen molar-refractivity contribution in [2.45, 2.75) is 89.5 Å². The molecular weight excluding hydrogens is 3230 g/mol. The minimum atomic E-state index is -1.40. The van der Waals surface area contributed by atoms with E-state index in [1.807, 2.05) is 14.7 Å². The Hall–Kier alpha value is -1.24. The number of rotatable bonds is 48. The van der Waals surface area contributed by atoms with Crippen molar-refractivity contribution in [3.63, 3.8) is 0 Å². The Morgan fingerprint density at radius 2 is 0.479 bits per heavy atom. The molecule has 61 heteroatoms. The fraction of sp³-hybridized carbons (Fsp3) is 0.729. The van der Waals surface area contributed by atoms with Gasteiger partial charge in [-0.1, -0.05) is 51.4 Å². The first-order valence-electron chi connectivity index (χ1n) is 42.7. The van der Waals surface area contributed by atoms with E-state index in [9.17, 15) is 123 Å². The second-order valence-corrected chi connectivity index (χ2v) is 31.8. The number of ketones is 1. The summed E-state index contributed by atoms with van der Waals surface area (Å²) < 4.78 is 0. The van der Waals surface area contributed by atoms with Gasteiger partial charge >= 0.3 is 184 Å². The average molecular weight is 3390 g/mol. The molecule has 2 aliphatic heterocycles. The number of β-amino-alcohol motifs (C(OH)–C–C–N with tert-alkyl or cyclic N) is 2. The van der Waals surface area contributed by atoms with Crippen molar-refractivity contribution < 1.29 is 387 Å². The summed E-state index contributed by atoms with van der Waals surface area (Å²) in [5.74, 6) is -15.0. The van der Waals surface area contributed by atoms with E-state index in [2.05, 4.69) is 42.0 Å². The quantitative estimate of drug-likeness (QED) is 0.0308. The number of hydrogen-bond acceptors (Lipinski definition) is 39. The number of carboxylic acids is 11. The Kier molecular flexibility index (Phi) is 145. The second kappa shape index (κ2) is 113. The molecule has 0 aromatic rings. The first-order chi connectivity index (χ1) is 61.0. The molecule has 2 saturated carbocycles. The molecule has 16 N–H and O–H groups in total. The Morgan fingerprint density at radius 3 is 0.623 bits per heavy atom. The molecule has 2 heterocycles. The van der Waals surface area contributed by atoms with Crippen LogP contribution in [-0.4, -0.2) is 522 Å². The summed E-state index contributed by atoms with van der Waals surface area (Å²) in [6, 6.07) is 0.285. The molecule has 0 aromatic heterocycles. The van der Waals surface area contributed by atoms with Crippen molar-refractivity contribution in [1.29, 1.82) is 0 Å². The fourth-order valence-corrected chi connectivity index (χ4v) is 13.5. The molecule has 6 atom stereocenters. The Balaban J connectivity index is -0.0000000855. The standard InChI is InChI=1S/C18H33N4O6.C17H32N4O7.2C16H29N5O8.2C7H13N.4CH3.4Gd.4H2N.4Pt/c1-15(23)11-19-3-4-20(12-16(2)24)6-8-22(14-18(27)28)10-9-21(7-5-19)13-17(25)26;1-14(22)10-18-2-4-19(11-15(23)24)6-8-21(13-17(27)28)9-7-20(5-3-18)12-16(25)26;2*1-17-12(22)7-20(10-15(26)27)5-3-19(9-14(24)25)4-6-21(11-16(28)29)8-13(23)18-2;2*1-6-4-2-3-5-7(6)8;;;;;;;;;;;;;;;;/h16,24H,1,3-14H2,2H3,(H,25,26)(H,27,28);14,22H,2-13H2,1H3,(H,23,24)(H,25,26)(H,27,28);2*3-11H2,1-2H3,(H5,17,18,22,23,24,25,26,27,28,29);2*6-8H,1-5H2;4*1H3;;;;;4*1H2;;;;/q-1;;;;2*-2;4*-1;4*+3;4*-1;;;;/p-11. The number of nitrogens with zero attached hydrogens (tertiary/aromatic N) is 18. The van der Waals surface area contributed by atoms with E-state index in [-0.39, 0.29) is 434 Å². The van der Waals surface area contributed by atoms with Crippen LogP contribution >= 0.6 is 0 Å². The molecule has 4 rings (SSSR count). The molecule has 2 saturated heterocycles. The molecule has 2 aliphatic carbocycles. The van der Waals surface area contributed by atoms with E-state index in [1.165, 1.54) is 96.1 Å². The molecule has 4 fully saturated rings. The minimum Gasteiger partial charge on any atom is -0.693 e. The largest absolute Gasteiger partial charge is 3.00 e. The molecule has 0 spiro atoms. The average Bonchev–Trinajstić information content (AvgIpc) is 0.895. The van der Waals surface area contributed by atoms with E-state index in [0.29, 0.717) is 130 Å². The molecule has 146 heavy (non-hydrogen) atoms. The minimum absolute atomic E-state index is 0. The Labute approximate surface area is 1050 Å². The van der Waals surface area contributed by atoms with Gasteiger partial charge in [-0.05, 0) is 13.8 Å². The van der Waals surface area contributed by atoms with Crippen molar-refractivity contribution in [3.8, 4) is 0 Å². The van der Waals surface area contributed by atoms with E-state index >= 15 is 0 Å². The molecule has 876 valence electrons. The zero-order valence-electron chi connectivity index (χ0n) is 85.1. The first kappa shape index (κ1) is 186. The maximum absolute atomic E-state index is 11.5. The second-order valence-electron chi connectivity index (χ2n) is 31.8. The summed E-state index contributed by atoms with van der Waals surface area (Å²) >= 11 is 0. The van der Waals surface area contributed by atoms with Crippen LogP contribution in [0.1, 0.15) is 65.2 Å². The maximum Gasteiger partial charge on any atom is 3.00 e. The van der Waals surface area contributed by atoms with Gasteiger partial charge in [0.05, 0.1) is 104 Å². The normalized spacial score (nSPS) is 16.7. The molecule has 4 radical (unpaired) electrons. The number of amides is 4. The van der Waals surface area contributed by atoms with Crippen molar-refractivity contribution in [2.75, 3.05) is 303 Å². The number of carbonyl (C=O) groups excluding carboxylic acids is 12. The Morgan fingerprint density at radius 1 is 0.301 bits per heavy atom. The molecule has 53 nitrogen and oxygen atoms in total. The third-order valence-electron chi connectivity index (χ3n) is 20.4. The molecular formula is C85H158Gd4N24O29Pt4-12. The predicted molar refractivity (Wildman–Crippen MR) is 504 cm³/mol. The zero-order chi connectivity index (χ0) is 99.0. The summed E-state index contributed by atoms with van der Waals surface area (Å²) in [4.78, 5) is 200. The van der Waals surface area contributed by atoms with E-state index in [4.69, 9.17) is 31.9 Å². The number of aliphatic hydroxyl groups is 2. The third-order valence-corrected chi connectivity index (χ3v) is 20.4. The van der Waals surface area contributed by atoms with Crippen LogP contribution in [0.2, 0.25) is 0 Å². The van der Waals surface area contributed by atoms with Gasteiger partial charge in [0.1, 0.15) is 0 Å². The van der Waals surface area contributed by atoms with Gasteiger partial charge in [0.25, 0.3) is 0 Å². The van der Waals surface area contributed by atoms with Crippen LogP contribution in [0.25, 0.3) is 57.3 Å². The SMILES string of the molecule is CC(O)CN1CCN(CC(=O)[O-])CCN(CC(=O)O)CCN(CC(=O)[O-])CC1.C[N-]C(=O)CN(CCN(CCN(CC(=O)[O-])CC(=O)[N-]C)CC(=O)O)CC(=O)[O-].C[N-]C(=O)CN(CCN(CCN(CC(=O)[O-])CC(=O)[N-]C)CC(=O)O)CC(=O)[O-].[CH2-]C(=O)CN1CCN(CC(=O)O)CCN(CC(=O)[O-])CCN(CC(C)O)CC1.[CH2-]C1CCCCC1[NH-].[CH2-]C1CCCCC1[NH-].[CH3-].[CH3-].[CH3-].[CH3-].[Gd+3].[Gd+3].[Gd+3].[Gd+3].[NH2-].[NH2-].[NH2-].[NH2-].[Pt].[Pt].[Pt].[Pt]. The van der Waals surface area contributed by atoms with E-state index in [0.717, 1.165) is 12.8 Å². The molecule has 4 aliphatic rings. The van der Waals surface area contributed by atoms with Crippen LogP contribution in [0, 0.1) is 222 Å². The van der Waals surface area contributed by atoms with Crippen LogP contribution in [0.4, 0.5) is 0 Å². The number of hydrogen-bond donors (Lipinski definition) is 6. The number of carboxylic acid groups (broad SMARTS) is 11. The van der Waals surface area contributed by atoms with Crippen molar-refractivity contribution in [2.24, 2.45) is 11.8 Å². The summed E-state index contributed by atoms with van der Waals surface area (Å²) in [5, 5.41) is 146. The molecule has 0 bridgehead atoms. The smallest absolute Gasteiger partial charge is 0.693 e. The monoisotopic (exact) mass is 3390 g/mol.